The number of fused-ring (bicyclic) bond motifs is 1. The van der Waals surface area contributed by atoms with Crippen molar-refractivity contribution in [2.75, 3.05) is 5.32 Å². The standard InChI is InChI=1S/C19H15N3O3/c23-18(17-10-13-4-1-2-7-16(13)19(24)25-17)21-14-5-3-6-15(11-14)22-9-8-20-12-22/h1-9,11-12,17H,10H2,(H,21,23). The Morgan fingerprint density at radius 3 is 2.92 bits per heavy atom. The number of aromatic nitrogens is 2. The van der Waals surface area contributed by atoms with Crippen molar-refractivity contribution >= 4 is 17.6 Å². The van der Waals surface area contributed by atoms with Crippen molar-refractivity contribution in [2.24, 2.45) is 0 Å². The van der Waals surface area contributed by atoms with Gasteiger partial charge in [0.05, 0.1) is 11.9 Å². The molecule has 6 nitrogen and oxygen atoms in total. The molecule has 1 amide bonds. The average molecular weight is 333 g/mol. The summed E-state index contributed by atoms with van der Waals surface area (Å²) in [6.45, 7) is 0. The molecule has 1 aromatic heterocycles. The minimum absolute atomic E-state index is 0.342. The van der Waals surface area contributed by atoms with Gasteiger partial charge < -0.3 is 14.6 Å². The zero-order chi connectivity index (χ0) is 17.2. The summed E-state index contributed by atoms with van der Waals surface area (Å²) in [5, 5.41) is 2.82. The lowest BCUT2D eigenvalue weighted by Gasteiger charge is -2.23. The van der Waals surface area contributed by atoms with E-state index in [-0.39, 0.29) is 5.91 Å². The van der Waals surface area contributed by atoms with E-state index in [1.807, 2.05) is 41.1 Å². The molecule has 1 aliphatic rings. The van der Waals surface area contributed by atoms with E-state index in [2.05, 4.69) is 10.3 Å². The number of anilines is 1. The number of ether oxygens (including phenoxy) is 1. The molecule has 0 radical (unpaired) electrons. The van der Waals surface area contributed by atoms with Crippen LogP contribution in [-0.2, 0) is 16.0 Å². The largest absolute Gasteiger partial charge is 0.448 e. The van der Waals surface area contributed by atoms with Crippen LogP contribution < -0.4 is 5.32 Å². The predicted octanol–water partition coefficient (Wildman–Crippen LogP) is 2.59. The summed E-state index contributed by atoms with van der Waals surface area (Å²) >= 11 is 0. The maximum atomic E-state index is 12.5. The normalized spacial score (nSPS) is 16.0. The number of rotatable bonds is 3. The molecule has 1 atom stereocenters. The molecule has 3 aromatic rings. The minimum Gasteiger partial charge on any atom is -0.448 e. The van der Waals surface area contributed by atoms with Crippen molar-refractivity contribution in [2.45, 2.75) is 12.5 Å². The Bertz CT molecular complexity index is 935. The summed E-state index contributed by atoms with van der Waals surface area (Å²) in [4.78, 5) is 28.6. The number of carbonyl (C=O) groups is 2. The Morgan fingerprint density at radius 1 is 1.20 bits per heavy atom. The molecule has 6 heteroatoms. The summed E-state index contributed by atoms with van der Waals surface area (Å²) in [5.41, 5.74) is 2.85. The number of esters is 1. The lowest BCUT2D eigenvalue weighted by molar-refractivity contribution is -0.125. The van der Waals surface area contributed by atoms with Crippen LogP contribution in [-0.4, -0.2) is 27.5 Å². The molecule has 1 unspecified atom stereocenters. The quantitative estimate of drug-likeness (QED) is 0.748. The third-order valence-corrected chi connectivity index (χ3v) is 4.10. The Labute approximate surface area is 144 Å². The zero-order valence-electron chi connectivity index (χ0n) is 13.3. The Hall–Kier alpha value is -3.41. The fourth-order valence-corrected chi connectivity index (χ4v) is 2.86. The van der Waals surface area contributed by atoms with Crippen LogP contribution >= 0.6 is 0 Å². The molecule has 0 fully saturated rings. The molecule has 1 aliphatic heterocycles. The smallest absolute Gasteiger partial charge is 0.339 e. The molecular formula is C19H15N3O3. The highest BCUT2D eigenvalue weighted by atomic mass is 16.5. The number of amides is 1. The molecule has 1 N–H and O–H groups in total. The summed E-state index contributed by atoms with van der Waals surface area (Å²) in [6.07, 6.45) is 4.72. The van der Waals surface area contributed by atoms with E-state index in [1.165, 1.54) is 0 Å². The predicted molar refractivity (Wildman–Crippen MR) is 91.5 cm³/mol. The first-order valence-electron chi connectivity index (χ1n) is 7.89. The van der Waals surface area contributed by atoms with Gasteiger partial charge in [-0.05, 0) is 29.8 Å². The van der Waals surface area contributed by atoms with Crippen LogP contribution in [0.15, 0.2) is 67.3 Å². The number of benzene rings is 2. The van der Waals surface area contributed by atoms with Crippen LogP contribution in [0.1, 0.15) is 15.9 Å². The molecule has 4 rings (SSSR count). The monoisotopic (exact) mass is 333 g/mol. The molecule has 25 heavy (non-hydrogen) atoms. The van der Waals surface area contributed by atoms with E-state index in [0.29, 0.717) is 17.7 Å². The number of cyclic esters (lactones) is 1. The third-order valence-electron chi connectivity index (χ3n) is 4.10. The number of carbonyl (C=O) groups excluding carboxylic acids is 2. The summed E-state index contributed by atoms with van der Waals surface area (Å²) in [6, 6.07) is 14.6. The molecule has 0 aliphatic carbocycles. The van der Waals surface area contributed by atoms with Crippen LogP contribution in [0, 0.1) is 0 Å². The fraction of sp³-hybridized carbons (Fsp3) is 0.105. The van der Waals surface area contributed by atoms with Gasteiger partial charge in [0.15, 0.2) is 6.10 Å². The summed E-state index contributed by atoms with van der Waals surface area (Å²) in [7, 11) is 0. The van der Waals surface area contributed by atoms with Crippen molar-refractivity contribution in [1.29, 1.82) is 0 Å². The number of nitrogens with zero attached hydrogens (tertiary/aromatic N) is 2. The van der Waals surface area contributed by atoms with Crippen molar-refractivity contribution in [1.82, 2.24) is 9.55 Å². The second-order valence-corrected chi connectivity index (χ2v) is 5.76. The van der Waals surface area contributed by atoms with Gasteiger partial charge in [-0.2, -0.15) is 0 Å². The second-order valence-electron chi connectivity index (χ2n) is 5.76. The lowest BCUT2D eigenvalue weighted by atomic mass is 9.98. The molecular weight excluding hydrogens is 318 g/mol. The number of hydrogen-bond acceptors (Lipinski definition) is 4. The molecule has 0 saturated carbocycles. The van der Waals surface area contributed by atoms with E-state index in [4.69, 9.17) is 4.74 Å². The van der Waals surface area contributed by atoms with Crippen molar-refractivity contribution in [3.05, 3.63) is 78.4 Å². The molecule has 124 valence electrons. The Kier molecular flexibility index (Phi) is 3.78. The van der Waals surface area contributed by atoms with Crippen molar-refractivity contribution in [3.63, 3.8) is 0 Å². The van der Waals surface area contributed by atoms with Crippen LogP contribution in [0.5, 0.6) is 0 Å². The highest BCUT2D eigenvalue weighted by Crippen LogP contribution is 2.22. The van der Waals surface area contributed by atoms with E-state index < -0.39 is 12.1 Å². The van der Waals surface area contributed by atoms with Gasteiger partial charge >= 0.3 is 5.97 Å². The lowest BCUT2D eigenvalue weighted by Crippen LogP contribution is -2.37. The first-order chi connectivity index (χ1) is 12.2. The topological polar surface area (TPSA) is 73.2 Å². The highest BCUT2D eigenvalue weighted by Gasteiger charge is 2.31. The van der Waals surface area contributed by atoms with Gasteiger partial charge in [-0.1, -0.05) is 24.3 Å². The molecule has 0 spiro atoms. The zero-order valence-corrected chi connectivity index (χ0v) is 13.3. The summed E-state index contributed by atoms with van der Waals surface area (Å²) < 4.78 is 7.12. The molecule has 0 bridgehead atoms. The molecule has 0 saturated heterocycles. The van der Waals surface area contributed by atoms with Crippen molar-refractivity contribution in [3.8, 4) is 5.69 Å². The number of nitrogens with one attached hydrogen (secondary N) is 1. The second kappa shape index (κ2) is 6.24. The van der Waals surface area contributed by atoms with Gasteiger partial charge in [-0.25, -0.2) is 9.78 Å². The highest BCUT2D eigenvalue weighted by molar-refractivity contribution is 6.00. The summed E-state index contributed by atoms with van der Waals surface area (Å²) in [5.74, 6) is -0.806. The van der Waals surface area contributed by atoms with Gasteiger partial charge in [0.2, 0.25) is 0 Å². The Morgan fingerprint density at radius 2 is 2.08 bits per heavy atom. The van der Waals surface area contributed by atoms with E-state index >= 15 is 0 Å². The fourth-order valence-electron chi connectivity index (χ4n) is 2.86. The first kappa shape index (κ1) is 15.1. The van der Waals surface area contributed by atoms with Crippen LogP contribution in [0.3, 0.4) is 0 Å². The first-order valence-corrected chi connectivity index (χ1v) is 7.89. The van der Waals surface area contributed by atoms with Crippen LogP contribution in [0.25, 0.3) is 5.69 Å². The van der Waals surface area contributed by atoms with Crippen LogP contribution in [0.2, 0.25) is 0 Å². The maximum absolute atomic E-state index is 12.5. The minimum atomic E-state index is -0.834. The van der Waals surface area contributed by atoms with Gasteiger partial charge in [0.1, 0.15) is 0 Å². The number of imidazole rings is 1. The Balaban J connectivity index is 1.52. The average Bonchev–Trinajstić information content (AvgIpc) is 3.17. The molecule has 2 aromatic carbocycles. The van der Waals surface area contributed by atoms with Gasteiger partial charge in [-0.3, -0.25) is 4.79 Å². The van der Waals surface area contributed by atoms with Crippen molar-refractivity contribution < 1.29 is 14.3 Å². The van der Waals surface area contributed by atoms with E-state index in [0.717, 1.165) is 11.3 Å². The van der Waals surface area contributed by atoms with E-state index in [9.17, 15) is 9.59 Å². The third kappa shape index (κ3) is 3.01. The molecule has 2 heterocycles. The maximum Gasteiger partial charge on any atom is 0.339 e. The number of hydrogen-bond donors (Lipinski definition) is 1. The van der Waals surface area contributed by atoms with Gasteiger partial charge in [0, 0.05) is 30.2 Å². The van der Waals surface area contributed by atoms with Gasteiger partial charge in [-0.15, -0.1) is 0 Å². The van der Waals surface area contributed by atoms with Crippen LogP contribution in [0.4, 0.5) is 5.69 Å². The van der Waals surface area contributed by atoms with Gasteiger partial charge in [0.25, 0.3) is 5.91 Å². The SMILES string of the molecule is O=C1OC(C(=O)Nc2cccc(-n3ccnc3)c2)Cc2ccccc21. The van der Waals surface area contributed by atoms with E-state index in [1.54, 1.807) is 30.7 Å².